The molecule has 24 heavy (non-hydrogen) atoms. The molecule has 1 saturated carbocycles. The summed E-state index contributed by atoms with van der Waals surface area (Å²) in [5.41, 5.74) is 0.395. The van der Waals surface area contributed by atoms with Crippen molar-refractivity contribution < 1.29 is 14.3 Å². The summed E-state index contributed by atoms with van der Waals surface area (Å²) in [6.07, 6.45) is 7.05. The number of pyridine rings is 1. The highest BCUT2D eigenvalue weighted by Gasteiger charge is 2.34. The lowest BCUT2D eigenvalue weighted by molar-refractivity contribution is -0.136. The Morgan fingerprint density at radius 2 is 1.92 bits per heavy atom. The van der Waals surface area contributed by atoms with Crippen LogP contribution in [-0.4, -0.2) is 55.0 Å². The average Bonchev–Trinajstić information content (AvgIpc) is 2.61. The summed E-state index contributed by atoms with van der Waals surface area (Å²) < 4.78 is 4.95. The average molecular weight is 334 g/mol. The minimum Gasteiger partial charge on any atom is -0.481 e. The quantitative estimate of drug-likeness (QED) is 0.796. The van der Waals surface area contributed by atoms with E-state index in [2.05, 4.69) is 20.5 Å². The molecule has 1 fully saturated rings. The summed E-state index contributed by atoms with van der Waals surface area (Å²) in [6, 6.07) is 3.26. The summed E-state index contributed by atoms with van der Waals surface area (Å²) in [5.74, 6) is -0.869. The molecule has 0 unspecified atom stereocenters. The molecular formula is C17H26N4O3. The Hall–Kier alpha value is -2.15. The molecule has 2 amide bonds. The standard InChI is InChI=1S/C17H26N4O3/c1-21(2)17(9-5-4-6-10-17)12-19-15(22)16(23)20-13-7-8-14(24-3)18-11-13/h7-8,11H,4-6,9-10,12H2,1-3H3,(H,19,22)(H,20,23). The fraction of sp³-hybridized carbons (Fsp3) is 0.588. The van der Waals surface area contributed by atoms with Gasteiger partial charge in [-0.3, -0.25) is 9.59 Å². The van der Waals surface area contributed by atoms with Crippen LogP contribution in [0.3, 0.4) is 0 Å². The number of hydrogen-bond acceptors (Lipinski definition) is 5. The zero-order valence-electron chi connectivity index (χ0n) is 14.6. The first kappa shape index (κ1) is 18.2. The SMILES string of the molecule is COc1ccc(NC(=O)C(=O)NCC2(N(C)C)CCCCC2)cn1. The molecular weight excluding hydrogens is 308 g/mol. The number of carbonyl (C=O) groups is 2. The molecule has 0 radical (unpaired) electrons. The van der Waals surface area contributed by atoms with Gasteiger partial charge in [-0.05, 0) is 33.0 Å². The van der Waals surface area contributed by atoms with Crippen LogP contribution in [0.4, 0.5) is 5.69 Å². The van der Waals surface area contributed by atoms with Crippen molar-refractivity contribution in [3.63, 3.8) is 0 Å². The monoisotopic (exact) mass is 334 g/mol. The second-order valence-electron chi connectivity index (χ2n) is 6.41. The van der Waals surface area contributed by atoms with Gasteiger partial charge in [0.05, 0.1) is 19.0 Å². The molecule has 1 aliphatic carbocycles. The number of ether oxygens (including phenoxy) is 1. The molecule has 2 N–H and O–H groups in total. The zero-order chi connectivity index (χ0) is 17.6. The topological polar surface area (TPSA) is 83.6 Å². The van der Waals surface area contributed by atoms with Gasteiger partial charge >= 0.3 is 11.8 Å². The normalized spacial score (nSPS) is 16.5. The van der Waals surface area contributed by atoms with E-state index in [-0.39, 0.29) is 5.54 Å². The fourth-order valence-electron chi connectivity index (χ4n) is 3.08. The maximum absolute atomic E-state index is 12.1. The van der Waals surface area contributed by atoms with Crippen LogP contribution in [-0.2, 0) is 9.59 Å². The van der Waals surface area contributed by atoms with Gasteiger partial charge in [0, 0.05) is 18.2 Å². The first-order chi connectivity index (χ1) is 11.5. The molecule has 132 valence electrons. The molecule has 1 aromatic heterocycles. The first-order valence-corrected chi connectivity index (χ1v) is 8.23. The van der Waals surface area contributed by atoms with Gasteiger partial charge in [0.2, 0.25) is 5.88 Å². The Morgan fingerprint density at radius 3 is 2.46 bits per heavy atom. The Morgan fingerprint density at radius 1 is 1.21 bits per heavy atom. The highest BCUT2D eigenvalue weighted by molar-refractivity contribution is 6.39. The van der Waals surface area contributed by atoms with Gasteiger partial charge < -0.3 is 20.3 Å². The van der Waals surface area contributed by atoms with Crippen LogP contribution in [0.15, 0.2) is 18.3 Å². The van der Waals surface area contributed by atoms with Gasteiger partial charge in [-0.15, -0.1) is 0 Å². The number of carbonyl (C=O) groups excluding carboxylic acids is 2. The molecule has 0 spiro atoms. The lowest BCUT2D eigenvalue weighted by atomic mass is 9.80. The van der Waals surface area contributed by atoms with Crippen molar-refractivity contribution in [3.8, 4) is 5.88 Å². The van der Waals surface area contributed by atoms with Gasteiger partial charge in [0.25, 0.3) is 0 Å². The van der Waals surface area contributed by atoms with Gasteiger partial charge in [-0.25, -0.2) is 4.98 Å². The van der Waals surface area contributed by atoms with Crippen molar-refractivity contribution >= 4 is 17.5 Å². The molecule has 0 bridgehead atoms. The second-order valence-corrected chi connectivity index (χ2v) is 6.41. The number of anilines is 1. The van der Waals surface area contributed by atoms with Crippen LogP contribution < -0.4 is 15.4 Å². The number of amides is 2. The third kappa shape index (κ3) is 4.44. The van der Waals surface area contributed by atoms with Crippen molar-refractivity contribution in [1.82, 2.24) is 15.2 Å². The molecule has 1 heterocycles. The largest absolute Gasteiger partial charge is 0.481 e. The van der Waals surface area contributed by atoms with Gasteiger partial charge in [0.1, 0.15) is 0 Å². The molecule has 7 nitrogen and oxygen atoms in total. The van der Waals surface area contributed by atoms with Crippen LogP contribution >= 0.6 is 0 Å². The number of likely N-dealkylation sites (N-methyl/N-ethyl adjacent to an activating group) is 1. The highest BCUT2D eigenvalue weighted by Crippen LogP contribution is 2.31. The Kier molecular flexibility index (Phi) is 6.14. The van der Waals surface area contributed by atoms with Crippen molar-refractivity contribution in [2.24, 2.45) is 0 Å². The number of nitrogens with one attached hydrogen (secondary N) is 2. The van der Waals surface area contributed by atoms with E-state index in [1.807, 2.05) is 14.1 Å². The predicted octanol–water partition coefficient (Wildman–Crippen LogP) is 1.41. The number of nitrogens with zero attached hydrogens (tertiary/aromatic N) is 2. The predicted molar refractivity (Wildman–Crippen MR) is 91.9 cm³/mol. The molecule has 0 aliphatic heterocycles. The molecule has 2 rings (SSSR count). The van der Waals surface area contributed by atoms with E-state index >= 15 is 0 Å². The summed E-state index contributed by atoms with van der Waals surface area (Å²) >= 11 is 0. The summed E-state index contributed by atoms with van der Waals surface area (Å²) in [4.78, 5) is 30.3. The minimum absolute atomic E-state index is 0.0597. The Labute approximate surface area is 142 Å². The van der Waals surface area contributed by atoms with E-state index in [0.29, 0.717) is 18.1 Å². The van der Waals surface area contributed by atoms with E-state index in [9.17, 15) is 9.59 Å². The maximum atomic E-state index is 12.1. The Bertz CT molecular complexity index is 566. The third-order valence-electron chi connectivity index (χ3n) is 4.72. The van der Waals surface area contributed by atoms with Crippen molar-refractivity contribution in [1.29, 1.82) is 0 Å². The number of hydrogen-bond donors (Lipinski definition) is 2. The Balaban J connectivity index is 1.89. The smallest absolute Gasteiger partial charge is 0.313 e. The van der Waals surface area contributed by atoms with E-state index in [0.717, 1.165) is 25.7 Å². The fourth-order valence-corrected chi connectivity index (χ4v) is 3.08. The van der Waals surface area contributed by atoms with E-state index in [1.54, 1.807) is 12.1 Å². The number of rotatable bonds is 5. The summed E-state index contributed by atoms with van der Waals surface area (Å²) in [6.45, 7) is 0.479. The van der Waals surface area contributed by atoms with Crippen LogP contribution in [0.25, 0.3) is 0 Å². The molecule has 7 heteroatoms. The zero-order valence-corrected chi connectivity index (χ0v) is 14.6. The van der Waals surface area contributed by atoms with E-state index in [1.165, 1.54) is 19.7 Å². The van der Waals surface area contributed by atoms with Crippen molar-refractivity contribution in [2.75, 3.05) is 33.1 Å². The molecule has 1 aromatic rings. The van der Waals surface area contributed by atoms with E-state index in [4.69, 9.17) is 4.74 Å². The van der Waals surface area contributed by atoms with Crippen LogP contribution in [0.5, 0.6) is 5.88 Å². The van der Waals surface area contributed by atoms with Crippen molar-refractivity contribution in [3.05, 3.63) is 18.3 Å². The lowest BCUT2D eigenvalue weighted by Crippen LogP contribution is -2.55. The van der Waals surface area contributed by atoms with Crippen LogP contribution in [0.2, 0.25) is 0 Å². The minimum atomic E-state index is -0.688. The number of aromatic nitrogens is 1. The summed E-state index contributed by atoms with van der Waals surface area (Å²) in [7, 11) is 5.57. The molecule has 0 atom stereocenters. The van der Waals surface area contributed by atoms with Gasteiger partial charge in [-0.1, -0.05) is 19.3 Å². The maximum Gasteiger partial charge on any atom is 0.313 e. The highest BCUT2D eigenvalue weighted by atomic mass is 16.5. The first-order valence-electron chi connectivity index (χ1n) is 8.23. The van der Waals surface area contributed by atoms with E-state index < -0.39 is 11.8 Å². The third-order valence-corrected chi connectivity index (χ3v) is 4.72. The van der Waals surface area contributed by atoms with Crippen molar-refractivity contribution in [2.45, 2.75) is 37.6 Å². The van der Waals surface area contributed by atoms with Gasteiger partial charge in [-0.2, -0.15) is 0 Å². The molecule has 1 aliphatic rings. The summed E-state index contributed by atoms with van der Waals surface area (Å²) in [5, 5.41) is 5.32. The second kappa shape index (κ2) is 8.10. The molecule has 0 aromatic carbocycles. The van der Waals surface area contributed by atoms with Crippen LogP contribution in [0.1, 0.15) is 32.1 Å². The molecule has 0 saturated heterocycles. The van der Waals surface area contributed by atoms with Gasteiger partial charge in [0.15, 0.2) is 0 Å². The van der Waals surface area contributed by atoms with Crippen LogP contribution in [0, 0.1) is 0 Å². The lowest BCUT2D eigenvalue weighted by Gasteiger charge is -2.43. The number of methoxy groups -OCH3 is 1.